The summed E-state index contributed by atoms with van der Waals surface area (Å²) in [6, 6.07) is 29.8. The van der Waals surface area contributed by atoms with Crippen LogP contribution in [0.1, 0.15) is 39.9 Å². The number of nitrogens with one attached hydrogen (secondary N) is 1. The van der Waals surface area contributed by atoms with Gasteiger partial charge in [-0.1, -0.05) is 70.5 Å². The van der Waals surface area contributed by atoms with Gasteiger partial charge >= 0.3 is 0 Å². The Balaban J connectivity index is 1.29. The Hall–Kier alpha value is -3.83. The van der Waals surface area contributed by atoms with Gasteiger partial charge < -0.3 is 15.1 Å². The highest BCUT2D eigenvalue weighted by atomic mass is 79.9. The Labute approximate surface area is 279 Å². The van der Waals surface area contributed by atoms with Crippen LogP contribution in [0.4, 0.5) is 0 Å². The topological polar surface area (TPSA) is 113 Å². The lowest BCUT2D eigenvalue weighted by atomic mass is 10.0. The molecule has 1 heterocycles. The van der Waals surface area contributed by atoms with E-state index in [1.54, 1.807) is 12.1 Å². The second-order valence-corrected chi connectivity index (χ2v) is 14.1. The molecule has 3 N–H and O–H groups in total. The van der Waals surface area contributed by atoms with Crippen molar-refractivity contribution in [2.75, 3.05) is 32.7 Å². The normalized spacial score (nSPS) is 13.4. The Morgan fingerprint density at radius 2 is 1.48 bits per heavy atom. The molecule has 0 saturated carbocycles. The van der Waals surface area contributed by atoms with E-state index >= 15 is 0 Å². The minimum Gasteiger partial charge on any atom is -0.351 e. The number of hydrogen-bond acceptors (Lipinski definition) is 5. The first-order valence-electron chi connectivity index (χ1n) is 15.5. The van der Waals surface area contributed by atoms with Gasteiger partial charge in [0.2, 0.25) is 15.9 Å². The highest BCUT2D eigenvalue weighted by molar-refractivity contribution is 9.10. The number of carbonyl (C=O) groups excluding carboxylic acids is 2. The second kappa shape index (κ2) is 15.6. The first-order valence-corrected chi connectivity index (χ1v) is 17.8. The summed E-state index contributed by atoms with van der Waals surface area (Å²) in [5.41, 5.74) is 5.29. The number of amides is 2. The van der Waals surface area contributed by atoms with Crippen LogP contribution in [0.15, 0.2) is 106 Å². The molecule has 1 aliphatic heterocycles. The van der Waals surface area contributed by atoms with E-state index in [4.69, 9.17) is 5.14 Å². The molecular weight excluding hydrogens is 664 g/mol. The monoisotopic (exact) mass is 702 g/mol. The van der Waals surface area contributed by atoms with Gasteiger partial charge in [0.15, 0.2) is 0 Å². The molecule has 240 valence electrons. The van der Waals surface area contributed by atoms with Gasteiger partial charge in [0.1, 0.15) is 0 Å². The van der Waals surface area contributed by atoms with E-state index in [9.17, 15) is 18.0 Å². The number of nitrogens with two attached hydrogens (primary N) is 1. The lowest BCUT2D eigenvalue weighted by Crippen LogP contribution is -2.33. The smallest absolute Gasteiger partial charge is 0.251 e. The van der Waals surface area contributed by atoms with Crippen LogP contribution in [0.3, 0.4) is 0 Å². The minimum atomic E-state index is -3.78. The van der Waals surface area contributed by atoms with Gasteiger partial charge in [-0.05, 0) is 103 Å². The molecule has 10 heteroatoms. The Morgan fingerprint density at radius 3 is 2.17 bits per heavy atom. The molecule has 0 unspecified atom stereocenters. The van der Waals surface area contributed by atoms with Crippen LogP contribution in [0.2, 0.25) is 0 Å². The van der Waals surface area contributed by atoms with Crippen molar-refractivity contribution in [3.05, 3.63) is 124 Å². The van der Waals surface area contributed by atoms with Crippen molar-refractivity contribution >= 4 is 37.8 Å². The van der Waals surface area contributed by atoms with E-state index in [2.05, 4.69) is 32.2 Å². The summed E-state index contributed by atoms with van der Waals surface area (Å²) >= 11 is 3.45. The summed E-state index contributed by atoms with van der Waals surface area (Å²) in [5.74, 6) is -0.0968. The predicted octanol–water partition coefficient (Wildman–Crippen LogP) is 5.40. The molecule has 1 aliphatic rings. The van der Waals surface area contributed by atoms with Gasteiger partial charge in [0, 0.05) is 36.2 Å². The van der Waals surface area contributed by atoms with Crippen LogP contribution < -0.4 is 10.5 Å². The molecule has 0 atom stereocenters. The summed E-state index contributed by atoms with van der Waals surface area (Å²) in [7, 11) is -3.78. The molecule has 0 bridgehead atoms. The molecule has 2 amide bonds. The van der Waals surface area contributed by atoms with E-state index in [-0.39, 0.29) is 23.1 Å². The SMILES string of the molecule is NS(=O)(=O)c1ccc(CCN(Cc2cccc(-c3cccc(C(=O)NCCN4CCCC4)c3)c2)C(=O)Cc2ccc(Br)cc2)cc1. The van der Waals surface area contributed by atoms with Gasteiger partial charge in [-0.2, -0.15) is 0 Å². The van der Waals surface area contributed by atoms with Gasteiger partial charge in [0.05, 0.1) is 11.3 Å². The molecule has 46 heavy (non-hydrogen) atoms. The quantitative estimate of drug-likeness (QED) is 0.194. The number of sulfonamides is 1. The van der Waals surface area contributed by atoms with Crippen LogP contribution in [-0.4, -0.2) is 62.8 Å². The highest BCUT2D eigenvalue weighted by Crippen LogP contribution is 2.23. The van der Waals surface area contributed by atoms with Gasteiger partial charge in [-0.25, -0.2) is 13.6 Å². The van der Waals surface area contributed by atoms with E-state index in [1.165, 1.54) is 25.0 Å². The van der Waals surface area contributed by atoms with E-state index in [1.807, 2.05) is 71.6 Å². The van der Waals surface area contributed by atoms with Crippen molar-refractivity contribution in [2.24, 2.45) is 5.14 Å². The number of nitrogens with zero attached hydrogens (tertiary/aromatic N) is 2. The lowest BCUT2D eigenvalue weighted by molar-refractivity contribution is -0.131. The van der Waals surface area contributed by atoms with Crippen molar-refractivity contribution in [1.82, 2.24) is 15.1 Å². The number of halogens is 1. The van der Waals surface area contributed by atoms with Gasteiger partial charge in [-0.3, -0.25) is 9.59 Å². The first-order chi connectivity index (χ1) is 22.1. The summed E-state index contributed by atoms with van der Waals surface area (Å²) in [6.07, 6.45) is 3.25. The summed E-state index contributed by atoms with van der Waals surface area (Å²) in [6.45, 7) is 4.54. The second-order valence-electron chi connectivity index (χ2n) is 11.6. The van der Waals surface area contributed by atoms with E-state index in [0.717, 1.165) is 51.9 Å². The maximum atomic E-state index is 13.6. The molecule has 0 spiro atoms. The average molecular weight is 704 g/mol. The molecule has 1 fully saturated rings. The minimum absolute atomic E-state index is 0.0125. The largest absolute Gasteiger partial charge is 0.351 e. The van der Waals surface area contributed by atoms with Crippen LogP contribution in [0.25, 0.3) is 11.1 Å². The molecular formula is C36H39BrN4O4S. The summed E-state index contributed by atoms with van der Waals surface area (Å²) in [4.78, 5) is 30.8. The first kappa shape index (κ1) is 33.5. The molecule has 5 rings (SSSR count). The highest BCUT2D eigenvalue weighted by Gasteiger charge is 2.17. The standard InChI is InChI=1S/C36H39BrN4O4S/c37-33-13-9-28(10-14-33)24-35(42)41(21-17-27-11-15-34(16-12-27)46(38,44)45)26-29-5-3-6-30(23-29)31-7-4-8-32(25-31)36(43)39-18-22-40-19-1-2-20-40/h3-16,23,25H,1-2,17-22,24,26H2,(H,39,43)(H2,38,44,45). The Morgan fingerprint density at radius 1 is 0.826 bits per heavy atom. The van der Waals surface area contributed by atoms with Crippen molar-refractivity contribution < 1.29 is 18.0 Å². The maximum Gasteiger partial charge on any atom is 0.251 e. The number of likely N-dealkylation sites (tertiary alicyclic amines) is 1. The van der Waals surface area contributed by atoms with E-state index < -0.39 is 10.0 Å². The summed E-state index contributed by atoms with van der Waals surface area (Å²) < 4.78 is 24.3. The fourth-order valence-electron chi connectivity index (χ4n) is 5.64. The maximum absolute atomic E-state index is 13.6. The zero-order valence-corrected chi connectivity index (χ0v) is 28.1. The molecule has 0 aliphatic carbocycles. The third-order valence-corrected chi connectivity index (χ3v) is 9.67. The lowest BCUT2D eigenvalue weighted by Gasteiger charge is -2.24. The predicted molar refractivity (Wildman–Crippen MR) is 185 cm³/mol. The number of primary sulfonamides is 1. The van der Waals surface area contributed by atoms with Crippen LogP contribution >= 0.6 is 15.9 Å². The van der Waals surface area contributed by atoms with Gasteiger partial charge in [0.25, 0.3) is 5.91 Å². The van der Waals surface area contributed by atoms with Crippen molar-refractivity contribution in [3.8, 4) is 11.1 Å². The Kier molecular flexibility index (Phi) is 11.4. The average Bonchev–Trinajstić information content (AvgIpc) is 3.58. The van der Waals surface area contributed by atoms with Crippen molar-refractivity contribution in [3.63, 3.8) is 0 Å². The van der Waals surface area contributed by atoms with Crippen LogP contribution in [-0.2, 0) is 34.2 Å². The number of hydrogen-bond donors (Lipinski definition) is 2. The van der Waals surface area contributed by atoms with E-state index in [0.29, 0.717) is 31.6 Å². The van der Waals surface area contributed by atoms with Crippen LogP contribution in [0.5, 0.6) is 0 Å². The number of rotatable bonds is 13. The third-order valence-electron chi connectivity index (χ3n) is 8.21. The van der Waals surface area contributed by atoms with Crippen molar-refractivity contribution in [1.29, 1.82) is 0 Å². The Bertz CT molecular complexity index is 1760. The van der Waals surface area contributed by atoms with Crippen LogP contribution in [0, 0.1) is 0 Å². The molecule has 4 aromatic carbocycles. The zero-order chi connectivity index (χ0) is 32.5. The molecule has 8 nitrogen and oxygen atoms in total. The molecule has 1 saturated heterocycles. The molecule has 0 aromatic heterocycles. The molecule has 4 aromatic rings. The molecule has 0 radical (unpaired) electrons. The third kappa shape index (κ3) is 9.59. The van der Waals surface area contributed by atoms with Crippen molar-refractivity contribution in [2.45, 2.75) is 37.1 Å². The number of benzene rings is 4. The number of carbonyl (C=O) groups is 2. The van der Waals surface area contributed by atoms with Gasteiger partial charge in [-0.15, -0.1) is 0 Å². The fourth-order valence-corrected chi connectivity index (χ4v) is 6.42. The fraction of sp³-hybridized carbons (Fsp3) is 0.278. The zero-order valence-electron chi connectivity index (χ0n) is 25.7. The summed E-state index contributed by atoms with van der Waals surface area (Å²) in [5, 5.41) is 8.30.